The molecule has 1 aromatic heterocycles. The molecule has 1 unspecified atom stereocenters. The number of anilines is 1. The van der Waals surface area contributed by atoms with Crippen molar-refractivity contribution in [2.45, 2.75) is 64.2 Å². The summed E-state index contributed by atoms with van der Waals surface area (Å²) in [6, 6.07) is 6.91. The molecule has 14 heteroatoms. The van der Waals surface area contributed by atoms with Crippen molar-refractivity contribution in [1.29, 1.82) is 0 Å². The van der Waals surface area contributed by atoms with Gasteiger partial charge in [0, 0.05) is 12.3 Å². The molecule has 1 aliphatic rings. The summed E-state index contributed by atoms with van der Waals surface area (Å²) >= 11 is 0. The monoisotopic (exact) mass is 555 g/mol. The molecular weight excluding hydrogens is 521 g/mol. The first-order valence-corrected chi connectivity index (χ1v) is 13.6. The van der Waals surface area contributed by atoms with Crippen LogP contribution < -0.4 is 21.1 Å². The number of carbonyl (C=O) groups excluding carboxylic acids is 1. The van der Waals surface area contributed by atoms with E-state index < -0.39 is 62.7 Å². The number of benzene rings is 1. The van der Waals surface area contributed by atoms with Gasteiger partial charge < -0.3 is 29.5 Å². The van der Waals surface area contributed by atoms with Crippen molar-refractivity contribution >= 4 is 19.9 Å². The molecule has 2 aromatic rings. The molecule has 38 heavy (non-hydrogen) atoms. The SMILES string of the molecule is CCC(CC)COC(=O)[C@H](C)Nc1ccccc1O[PH](=O)OC[C@H]1O[C@@H](n2ccc(=O)[nH]c2=O)[C@H](O)[C@@H]1O. The lowest BCUT2D eigenvalue weighted by Crippen LogP contribution is -2.37. The Balaban J connectivity index is 1.56. The van der Waals surface area contributed by atoms with Gasteiger partial charge in [-0.15, -0.1) is 0 Å². The van der Waals surface area contributed by atoms with E-state index in [9.17, 15) is 29.2 Å². The molecule has 2 heterocycles. The summed E-state index contributed by atoms with van der Waals surface area (Å²) in [5.74, 6) is 0.0280. The van der Waals surface area contributed by atoms with E-state index in [1.165, 1.54) is 0 Å². The van der Waals surface area contributed by atoms with Gasteiger partial charge in [-0.05, 0) is 25.0 Å². The van der Waals surface area contributed by atoms with E-state index in [0.29, 0.717) is 18.2 Å². The van der Waals surface area contributed by atoms with E-state index in [1.807, 2.05) is 18.8 Å². The summed E-state index contributed by atoms with van der Waals surface area (Å²) in [4.78, 5) is 37.7. The predicted molar refractivity (Wildman–Crippen MR) is 137 cm³/mol. The summed E-state index contributed by atoms with van der Waals surface area (Å²) in [7, 11) is -3.16. The molecule has 0 radical (unpaired) electrons. The summed E-state index contributed by atoms with van der Waals surface area (Å²) in [6.45, 7) is 5.63. The van der Waals surface area contributed by atoms with Gasteiger partial charge in [-0.3, -0.25) is 18.9 Å². The normalized spacial score (nSPS) is 22.7. The van der Waals surface area contributed by atoms with Gasteiger partial charge in [0.1, 0.15) is 24.4 Å². The zero-order valence-corrected chi connectivity index (χ0v) is 22.4. The maximum Gasteiger partial charge on any atom is 0.367 e. The molecule has 1 saturated heterocycles. The number of aromatic amines is 1. The van der Waals surface area contributed by atoms with Gasteiger partial charge in [-0.1, -0.05) is 38.8 Å². The first-order chi connectivity index (χ1) is 18.1. The van der Waals surface area contributed by atoms with Gasteiger partial charge >= 0.3 is 19.9 Å². The van der Waals surface area contributed by atoms with Crippen LogP contribution in [0.4, 0.5) is 5.69 Å². The van der Waals surface area contributed by atoms with Crippen LogP contribution in [0.5, 0.6) is 5.75 Å². The van der Waals surface area contributed by atoms with Crippen molar-refractivity contribution in [2.24, 2.45) is 5.92 Å². The number of aromatic nitrogens is 2. The fraction of sp³-hybridized carbons (Fsp3) is 0.542. The van der Waals surface area contributed by atoms with Crippen molar-refractivity contribution in [2.75, 3.05) is 18.5 Å². The fourth-order valence-corrected chi connectivity index (χ4v) is 4.53. The molecule has 6 atom stereocenters. The Hall–Kier alpha value is -2.96. The Labute approximate surface area is 219 Å². The topological polar surface area (TPSA) is 178 Å². The van der Waals surface area contributed by atoms with Gasteiger partial charge in [-0.2, -0.15) is 0 Å². The third kappa shape index (κ3) is 7.55. The second-order valence-corrected chi connectivity index (χ2v) is 9.89. The van der Waals surface area contributed by atoms with Gasteiger partial charge in [0.2, 0.25) is 0 Å². The first-order valence-electron chi connectivity index (χ1n) is 12.3. The minimum Gasteiger partial charge on any atom is -0.464 e. The molecule has 4 N–H and O–H groups in total. The molecule has 3 rings (SSSR count). The number of ether oxygens (including phenoxy) is 2. The smallest absolute Gasteiger partial charge is 0.367 e. The highest BCUT2D eigenvalue weighted by Gasteiger charge is 2.44. The average molecular weight is 556 g/mol. The molecule has 1 fully saturated rings. The molecule has 0 saturated carbocycles. The molecule has 0 amide bonds. The zero-order chi connectivity index (χ0) is 27.8. The second kappa shape index (κ2) is 13.7. The summed E-state index contributed by atoms with van der Waals surface area (Å²) < 4.78 is 35.1. The van der Waals surface area contributed by atoms with Crippen LogP contribution in [-0.2, 0) is 23.4 Å². The lowest BCUT2D eigenvalue weighted by atomic mass is 10.1. The fourth-order valence-electron chi connectivity index (χ4n) is 3.81. The number of nitrogens with one attached hydrogen (secondary N) is 2. The highest BCUT2D eigenvalue weighted by molar-refractivity contribution is 7.33. The van der Waals surface area contributed by atoms with E-state index >= 15 is 0 Å². The van der Waals surface area contributed by atoms with E-state index in [-0.39, 0.29) is 5.75 Å². The van der Waals surface area contributed by atoms with Gasteiger partial charge in [0.05, 0.1) is 18.9 Å². The molecule has 0 aliphatic carbocycles. The van der Waals surface area contributed by atoms with Gasteiger partial charge in [-0.25, -0.2) is 14.2 Å². The number of aliphatic hydroxyl groups excluding tert-OH is 2. The first kappa shape index (κ1) is 29.6. The maximum absolute atomic E-state index is 12.5. The third-order valence-corrected chi connectivity index (χ3v) is 7.04. The average Bonchev–Trinajstić information content (AvgIpc) is 3.17. The summed E-state index contributed by atoms with van der Waals surface area (Å²) in [5.41, 5.74) is -1.06. The van der Waals surface area contributed by atoms with E-state index in [4.69, 9.17) is 18.5 Å². The predicted octanol–water partition coefficient (Wildman–Crippen LogP) is 1.42. The maximum atomic E-state index is 12.5. The lowest BCUT2D eigenvalue weighted by Gasteiger charge is -2.19. The lowest BCUT2D eigenvalue weighted by molar-refractivity contribution is -0.145. The van der Waals surface area contributed by atoms with E-state index in [2.05, 4.69) is 5.32 Å². The van der Waals surface area contributed by atoms with Crippen LogP contribution in [0.25, 0.3) is 0 Å². The minimum atomic E-state index is -3.16. The summed E-state index contributed by atoms with van der Waals surface area (Å²) in [5, 5.41) is 23.6. The van der Waals surface area contributed by atoms with Crippen molar-refractivity contribution < 1.29 is 38.1 Å². The number of rotatable bonds is 13. The Bertz CT molecular complexity index is 1210. The van der Waals surface area contributed by atoms with Crippen molar-refractivity contribution in [3.05, 3.63) is 57.4 Å². The number of carbonyl (C=O) groups is 1. The molecule has 0 bridgehead atoms. The standard InChI is InChI=1S/C24H34N3O10P/c1-4-15(5-2)12-34-23(31)14(3)25-16-8-6-7-9-17(16)37-38(33)35-13-18-20(29)21(30)22(36-18)27-11-10-19(28)26-24(27)32/h6-11,14-15,18,20-22,25,29-30,38H,4-5,12-13H2,1-3H3,(H,26,28,32)/t14-,18+,20+,21+,22+/m0/s1. The summed E-state index contributed by atoms with van der Waals surface area (Å²) in [6.07, 6.45) is -2.45. The Kier molecular flexibility index (Phi) is 10.7. The molecule has 1 aromatic carbocycles. The van der Waals surface area contributed by atoms with Gasteiger partial charge in [0.15, 0.2) is 12.0 Å². The number of esters is 1. The third-order valence-electron chi connectivity index (χ3n) is 6.25. The van der Waals surface area contributed by atoms with Crippen molar-refractivity contribution in [1.82, 2.24) is 9.55 Å². The molecule has 13 nitrogen and oxygen atoms in total. The Morgan fingerprint density at radius 2 is 1.89 bits per heavy atom. The Morgan fingerprint density at radius 3 is 2.58 bits per heavy atom. The van der Waals surface area contributed by atoms with Crippen LogP contribution in [0.2, 0.25) is 0 Å². The van der Waals surface area contributed by atoms with Gasteiger partial charge in [0.25, 0.3) is 5.56 Å². The van der Waals surface area contributed by atoms with Crippen LogP contribution in [0.3, 0.4) is 0 Å². The van der Waals surface area contributed by atoms with Crippen LogP contribution in [0.15, 0.2) is 46.1 Å². The second-order valence-electron chi connectivity index (χ2n) is 8.90. The van der Waals surface area contributed by atoms with E-state index in [1.54, 1.807) is 31.2 Å². The van der Waals surface area contributed by atoms with Crippen molar-refractivity contribution in [3.8, 4) is 5.75 Å². The number of hydrogen-bond acceptors (Lipinski definition) is 11. The number of H-pyrrole nitrogens is 1. The van der Waals surface area contributed by atoms with Crippen LogP contribution >= 0.6 is 8.25 Å². The number of nitrogens with zero attached hydrogens (tertiary/aromatic N) is 1. The van der Waals surface area contributed by atoms with Crippen LogP contribution in [0.1, 0.15) is 39.8 Å². The molecular formula is C24H34N3O10P. The molecule has 0 spiro atoms. The highest BCUT2D eigenvalue weighted by Crippen LogP contribution is 2.36. The van der Waals surface area contributed by atoms with Crippen molar-refractivity contribution in [3.63, 3.8) is 0 Å². The van der Waals surface area contributed by atoms with E-state index in [0.717, 1.165) is 29.7 Å². The number of hydrogen-bond donors (Lipinski definition) is 4. The highest BCUT2D eigenvalue weighted by atomic mass is 31.1. The largest absolute Gasteiger partial charge is 0.464 e. The number of para-hydroxylation sites is 2. The van der Waals surface area contributed by atoms with Crippen LogP contribution in [0, 0.1) is 5.92 Å². The number of aliphatic hydroxyl groups is 2. The minimum absolute atomic E-state index is 0.168. The van der Waals surface area contributed by atoms with Crippen LogP contribution in [-0.4, -0.2) is 63.3 Å². The quantitative estimate of drug-likeness (QED) is 0.207. The molecule has 1 aliphatic heterocycles. The Morgan fingerprint density at radius 1 is 1.18 bits per heavy atom. The molecule has 210 valence electrons. The zero-order valence-electron chi connectivity index (χ0n) is 21.4.